The molecule has 0 bridgehead atoms. The van der Waals surface area contributed by atoms with Crippen LogP contribution in [0.4, 0.5) is 11.4 Å². The number of anilines is 2. The molecular weight excluding hydrogens is 412 g/mol. The Labute approximate surface area is 208 Å². The highest BCUT2D eigenvalue weighted by atomic mass is 14.6. The fraction of sp³-hybridized carbons (Fsp3) is 0.625. The van der Waals surface area contributed by atoms with E-state index in [4.69, 9.17) is 11.5 Å². The molecule has 34 heavy (non-hydrogen) atoms. The highest BCUT2D eigenvalue weighted by molar-refractivity contribution is 5.71. The fourth-order valence-electron chi connectivity index (χ4n) is 7.27. The van der Waals surface area contributed by atoms with Crippen LogP contribution in [0.1, 0.15) is 103 Å². The SMILES string of the molecule is CC1CCC(C(C)C)C(c2cc(-c3ccc(N)c(C4CC(C)CCC4C(C)C)c3)ccc2N)C1. The highest BCUT2D eigenvalue weighted by Crippen LogP contribution is 2.48. The van der Waals surface area contributed by atoms with Gasteiger partial charge in [0.15, 0.2) is 0 Å². The summed E-state index contributed by atoms with van der Waals surface area (Å²) in [7, 11) is 0. The molecule has 2 saturated carbocycles. The summed E-state index contributed by atoms with van der Waals surface area (Å²) in [5, 5.41) is 0. The summed E-state index contributed by atoms with van der Waals surface area (Å²) in [5.74, 6) is 5.45. The molecule has 4 rings (SSSR count). The standard InChI is InChI=1S/C32H48N2/c1-19(2)25-11-7-21(5)15-27(25)29-17-23(9-13-31(29)33)24-10-14-32(34)30(18-24)28-16-22(6)8-12-26(28)20(3)4/h9-10,13-14,17-22,25-28H,7-8,11-12,15-16,33-34H2,1-6H3. The van der Waals surface area contributed by atoms with Gasteiger partial charge in [-0.15, -0.1) is 0 Å². The molecule has 2 aliphatic rings. The number of benzene rings is 2. The molecule has 0 saturated heterocycles. The van der Waals surface area contributed by atoms with Gasteiger partial charge in [0, 0.05) is 11.4 Å². The molecule has 0 heterocycles. The van der Waals surface area contributed by atoms with Crippen LogP contribution in [0.2, 0.25) is 0 Å². The van der Waals surface area contributed by atoms with Gasteiger partial charge >= 0.3 is 0 Å². The van der Waals surface area contributed by atoms with E-state index in [9.17, 15) is 0 Å². The number of nitrogens with two attached hydrogens (primary N) is 2. The first-order valence-electron chi connectivity index (χ1n) is 13.9. The van der Waals surface area contributed by atoms with Crippen LogP contribution < -0.4 is 11.5 Å². The molecule has 2 aromatic carbocycles. The second kappa shape index (κ2) is 10.3. The first-order chi connectivity index (χ1) is 16.2. The molecule has 4 N–H and O–H groups in total. The molecule has 2 fully saturated rings. The van der Waals surface area contributed by atoms with E-state index in [1.54, 1.807) is 0 Å². The van der Waals surface area contributed by atoms with Crippen LogP contribution in [0, 0.1) is 35.5 Å². The largest absolute Gasteiger partial charge is 0.398 e. The Morgan fingerprint density at radius 2 is 1.00 bits per heavy atom. The first-order valence-corrected chi connectivity index (χ1v) is 13.9. The number of hydrogen-bond acceptors (Lipinski definition) is 2. The van der Waals surface area contributed by atoms with Gasteiger partial charge in [0.05, 0.1) is 0 Å². The maximum Gasteiger partial charge on any atom is 0.0349 e. The van der Waals surface area contributed by atoms with Crippen LogP contribution in [-0.4, -0.2) is 0 Å². The Balaban J connectivity index is 1.72. The summed E-state index contributed by atoms with van der Waals surface area (Å²) in [4.78, 5) is 0. The van der Waals surface area contributed by atoms with Crippen molar-refractivity contribution in [1.29, 1.82) is 0 Å². The normalized spacial score (nSPS) is 30.1. The van der Waals surface area contributed by atoms with Crippen LogP contribution in [0.15, 0.2) is 36.4 Å². The van der Waals surface area contributed by atoms with Crippen LogP contribution in [0.3, 0.4) is 0 Å². The van der Waals surface area contributed by atoms with E-state index < -0.39 is 0 Å². The van der Waals surface area contributed by atoms with Crippen molar-refractivity contribution in [3.8, 4) is 11.1 Å². The molecular formula is C32H48N2. The van der Waals surface area contributed by atoms with Gasteiger partial charge in [-0.05, 0) is 120 Å². The van der Waals surface area contributed by atoms with Crippen molar-refractivity contribution >= 4 is 11.4 Å². The second-order valence-corrected chi connectivity index (χ2v) is 12.6. The molecule has 6 atom stereocenters. The lowest BCUT2D eigenvalue weighted by Gasteiger charge is -2.39. The lowest BCUT2D eigenvalue weighted by atomic mass is 9.66. The minimum atomic E-state index is 0.557. The third-order valence-corrected chi connectivity index (χ3v) is 9.35. The van der Waals surface area contributed by atoms with Crippen LogP contribution in [-0.2, 0) is 0 Å². The summed E-state index contributed by atoms with van der Waals surface area (Å²) in [6.07, 6.45) is 7.82. The Bertz CT molecular complexity index is 895. The minimum absolute atomic E-state index is 0.557. The Hall–Kier alpha value is -1.96. The monoisotopic (exact) mass is 460 g/mol. The zero-order valence-electron chi connectivity index (χ0n) is 22.5. The summed E-state index contributed by atoms with van der Waals surface area (Å²) in [6, 6.07) is 13.6. The fourth-order valence-corrected chi connectivity index (χ4v) is 7.27. The molecule has 2 aliphatic carbocycles. The molecule has 2 nitrogen and oxygen atoms in total. The van der Waals surface area contributed by atoms with Crippen LogP contribution >= 0.6 is 0 Å². The second-order valence-electron chi connectivity index (χ2n) is 12.6. The lowest BCUT2D eigenvalue weighted by molar-refractivity contribution is 0.197. The van der Waals surface area contributed by atoms with Gasteiger partial charge in [-0.3, -0.25) is 0 Å². The van der Waals surface area contributed by atoms with Gasteiger partial charge in [-0.1, -0.05) is 66.5 Å². The Morgan fingerprint density at radius 3 is 1.35 bits per heavy atom. The highest BCUT2D eigenvalue weighted by Gasteiger charge is 2.34. The molecule has 2 heteroatoms. The molecule has 2 aromatic rings. The third kappa shape index (κ3) is 5.16. The van der Waals surface area contributed by atoms with E-state index >= 15 is 0 Å². The van der Waals surface area contributed by atoms with E-state index in [0.717, 1.165) is 23.2 Å². The predicted octanol–water partition coefficient (Wildman–Crippen LogP) is 8.87. The molecule has 0 aromatic heterocycles. The zero-order chi connectivity index (χ0) is 24.6. The average molecular weight is 461 g/mol. The molecule has 186 valence electrons. The number of nitrogen functional groups attached to an aromatic ring is 2. The molecule has 0 spiro atoms. The van der Waals surface area contributed by atoms with Crippen LogP contribution in [0.25, 0.3) is 11.1 Å². The van der Waals surface area contributed by atoms with Crippen molar-refractivity contribution < 1.29 is 0 Å². The summed E-state index contributed by atoms with van der Waals surface area (Å²) < 4.78 is 0. The van der Waals surface area contributed by atoms with Crippen molar-refractivity contribution in [2.24, 2.45) is 35.5 Å². The van der Waals surface area contributed by atoms with Gasteiger partial charge in [0.1, 0.15) is 0 Å². The summed E-state index contributed by atoms with van der Waals surface area (Å²) in [6.45, 7) is 14.4. The summed E-state index contributed by atoms with van der Waals surface area (Å²) in [5.41, 5.74) is 20.5. The van der Waals surface area contributed by atoms with E-state index in [1.807, 2.05) is 0 Å². The summed E-state index contributed by atoms with van der Waals surface area (Å²) >= 11 is 0. The molecule has 0 amide bonds. The van der Waals surface area contributed by atoms with E-state index in [-0.39, 0.29) is 0 Å². The smallest absolute Gasteiger partial charge is 0.0349 e. The van der Waals surface area contributed by atoms with Gasteiger partial charge in [-0.2, -0.15) is 0 Å². The van der Waals surface area contributed by atoms with Crippen molar-refractivity contribution in [2.45, 2.75) is 91.9 Å². The Kier molecular flexibility index (Phi) is 7.65. The van der Waals surface area contributed by atoms with Crippen molar-refractivity contribution in [1.82, 2.24) is 0 Å². The van der Waals surface area contributed by atoms with Gasteiger partial charge in [-0.25, -0.2) is 0 Å². The predicted molar refractivity (Wildman–Crippen MR) is 149 cm³/mol. The first kappa shape index (κ1) is 25.1. The molecule has 0 aliphatic heterocycles. The Morgan fingerprint density at radius 1 is 0.618 bits per heavy atom. The van der Waals surface area contributed by atoms with Crippen molar-refractivity contribution in [3.05, 3.63) is 47.5 Å². The average Bonchev–Trinajstić information content (AvgIpc) is 2.79. The van der Waals surface area contributed by atoms with Gasteiger partial charge < -0.3 is 11.5 Å². The van der Waals surface area contributed by atoms with E-state index in [2.05, 4.69) is 77.9 Å². The maximum absolute atomic E-state index is 6.62. The van der Waals surface area contributed by atoms with Crippen molar-refractivity contribution in [3.63, 3.8) is 0 Å². The van der Waals surface area contributed by atoms with E-state index in [0.29, 0.717) is 35.5 Å². The minimum Gasteiger partial charge on any atom is -0.398 e. The van der Waals surface area contributed by atoms with Crippen LogP contribution in [0.5, 0.6) is 0 Å². The van der Waals surface area contributed by atoms with Gasteiger partial charge in [0.2, 0.25) is 0 Å². The van der Waals surface area contributed by atoms with E-state index in [1.165, 1.54) is 60.8 Å². The van der Waals surface area contributed by atoms with Gasteiger partial charge in [0.25, 0.3) is 0 Å². The topological polar surface area (TPSA) is 52.0 Å². The number of hydrogen-bond donors (Lipinski definition) is 2. The molecule has 6 unspecified atom stereocenters. The lowest BCUT2D eigenvalue weighted by Crippen LogP contribution is -2.27. The number of rotatable bonds is 5. The third-order valence-electron chi connectivity index (χ3n) is 9.35. The van der Waals surface area contributed by atoms with Crippen molar-refractivity contribution in [2.75, 3.05) is 11.5 Å². The maximum atomic E-state index is 6.62. The molecule has 0 radical (unpaired) electrons. The quantitative estimate of drug-likeness (QED) is 0.438. The zero-order valence-corrected chi connectivity index (χ0v) is 22.5.